The van der Waals surface area contributed by atoms with Crippen LogP contribution in [0.1, 0.15) is 35.7 Å². The molecule has 0 aliphatic carbocycles. The minimum Gasteiger partial charge on any atom is -0.353 e. The molecule has 1 N–H and O–H groups in total. The van der Waals surface area contributed by atoms with Crippen LogP contribution in [-0.2, 0) is 0 Å². The molecule has 0 atom stereocenters. The molecule has 0 aliphatic heterocycles. The molecule has 4 rings (SSSR count). The van der Waals surface area contributed by atoms with Crippen LogP contribution in [0.4, 0.5) is 0 Å². The molecule has 0 radical (unpaired) electrons. The summed E-state index contributed by atoms with van der Waals surface area (Å²) in [5.74, 6) is 0.150. The molecular weight excluding hydrogens is 436 g/mol. The average Bonchev–Trinajstić information content (AvgIpc) is 3.16. The zero-order valence-corrected chi connectivity index (χ0v) is 18.7. The van der Waals surface area contributed by atoms with Crippen LogP contribution in [0.5, 0.6) is 0 Å². The number of aromatic nitrogens is 2. The van der Waals surface area contributed by atoms with E-state index in [4.69, 9.17) is 0 Å². The van der Waals surface area contributed by atoms with Gasteiger partial charge in [-0.05, 0) is 54.3 Å². The number of carbonyl (C=O) groups is 1. The second kappa shape index (κ2) is 8.80. The van der Waals surface area contributed by atoms with Gasteiger partial charge in [-0.25, -0.2) is 0 Å². The highest BCUT2D eigenvalue weighted by atomic mass is 79.9. The number of Topliss-reactive ketones (excluding diaryl/α,β-unsaturated/α-hetero) is 1. The first-order valence-electron chi connectivity index (χ1n) is 10.1. The largest absolute Gasteiger partial charge is 0.353 e. The lowest BCUT2D eigenvalue weighted by Crippen LogP contribution is -2.01. The Kier molecular flexibility index (Phi) is 5.96. The third-order valence-electron chi connectivity index (χ3n) is 5.20. The molecule has 0 unspecified atom stereocenters. The van der Waals surface area contributed by atoms with Crippen LogP contribution in [0.3, 0.4) is 0 Å². The lowest BCUT2D eigenvalue weighted by Gasteiger charge is -2.09. The number of H-pyrrole nitrogens is 1. The molecule has 3 nitrogen and oxygen atoms in total. The summed E-state index contributed by atoms with van der Waals surface area (Å²) in [4.78, 5) is 21.1. The maximum atomic E-state index is 13.4. The van der Waals surface area contributed by atoms with Crippen LogP contribution in [-0.4, -0.2) is 15.8 Å². The Morgan fingerprint density at radius 3 is 2.10 bits per heavy atom. The summed E-state index contributed by atoms with van der Waals surface area (Å²) in [5.41, 5.74) is 7.75. The van der Waals surface area contributed by atoms with E-state index in [9.17, 15) is 4.79 Å². The van der Waals surface area contributed by atoms with Gasteiger partial charge in [0.05, 0.1) is 17.0 Å². The Bertz CT molecular complexity index is 1160. The van der Waals surface area contributed by atoms with E-state index in [0.29, 0.717) is 6.42 Å². The third-order valence-corrected chi connectivity index (χ3v) is 5.73. The van der Waals surface area contributed by atoms with Crippen molar-refractivity contribution in [3.8, 4) is 33.6 Å². The number of ketones is 1. The number of halogens is 1. The lowest BCUT2D eigenvalue weighted by atomic mass is 9.92. The number of hydrogen-bond acceptors (Lipinski definition) is 2. The van der Waals surface area contributed by atoms with Crippen LogP contribution in [0.15, 0.2) is 77.5 Å². The number of nitrogens with zero attached hydrogens (tertiary/aromatic N) is 1. The molecule has 4 heteroatoms. The van der Waals surface area contributed by atoms with Crippen molar-refractivity contribution in [1.82, 2.24) is 9.97 Å². The predicted molar refractivity (Wildman–Crippen MR) is 127 cm³/mol. The standard InChI is InChI=1S/C26H23BrN2O/c1-3-4-22(30)24-23(18-13-15-28-16-14-18)25(19-7-5-17(2)6-8-19)29-26(24)20-9-11-21(27)12-10-20/h5-16,29H,3-4H2,1-2H3. The van der Waals surface area contributed by atoms with E-state index in [1.807, 2.05) is 43.3 Å². The smallest absolute Gasteiger partial charge is 0.165 e. The second-order valence-corrected chi connectivity index (χ2v) is 8.32. The minimum atomic E-state index is 0.150. The maximum absolute atomic E-state index is 13.4. The highest BCUT2D eigenvalue weighted by Gasteiger charge is 2.25. The molecule has 30 heavy (non-hydrogen) atoms. The monoisotopic (exact) mass is 458 g/mol. The molecule has 0 saturated heterocycles. The molecule has 0 saturated carbocycles. The molecule has 0 aliphatic rings. The minimum absolute atomic E-state index is 0.150. The summed E-state index contributed by atoms with van der Waals surface area (Å²) in [6, 6.07) is 20.4. The van der Waals surface area contributed by atoms with Crippen molar-refractivity contribution in [2.75, 3.05) is 0 Å². The maximum Gasteiger partial charge on any atom is 0.165 e. The van der Waals surface area contributed by atoms with Crippen molar-refractivity contribution in [3.05, 3.63) is 88.7 Å². The fraction of sp³-hybridized carbons (Fsp3) is 0.154. The highest BCUT2D eigenvalue weighted by molar-refractivity contribution is 9.10. The number of aromatic amines is 1. The zero-order chi connectivity index (χ0) is 21.1. The summed E-state index contributed by atoms with van der Waals surface area (Å²) < 4.78 is 1.01. The van der Waals surface area contributed by atoms with Gasteiger partial charge in [-0.15, -0.1) is 0 Å². The normalized spacial score (nSPS) is 10.9. The average molecular weight is 459 g/mol. The van der Waals surface area contributed by atoms with Gasteiger partial charge < -0.3 is 4.98 Å². The van der Waals surface area contributed by atoms with Crippen molar-refractivity contribution in [2.24, 2.45) is 0 Å². The van der Waals surface area contributed by atoms with Gasteiger partial charge >= 0.3 is 0 Å². The Hall–Kier alpha value is -2.98. The van der Waals surface area contributed by atoms with Crippen LogP contribution in [0.2, 0.25) is 0 Å². The molecule has 2 heterocycles. The lowest BCUT2D eigenvalue weighted by molar-refractivity contribution is 0.0983. The molecule has 2 aromatic carbocycles. The van der Waals surface area contributed by atoms with Crippen LogP contribution < -0.4 is 0 Å². The van der Waals surface area contributed by atoms with Gasteiger partial charge in [-0.3, -0.25) is 9.78 Å². The molecule has 2 aromatic heterocycles. The number of benzene rings is 2. The van der Waals surface area contributed by atoms with E-state index in [1.54, 1.807) is 12.4 Å². The van der Waals surface area contributed by atoms with Crippen LogP contribution >= 0.6 is 15.9 Å². The van der Waals surface area contributed by atoms with Gasteiger partial charge in [-0.1, -0.05) is 64.8 Å². The van der Waals surface area contributed by atoms with Gasteiger partial charge in [0.15, 0.2) is 5.78 Å². The SMILES string of the molecule is CCCC(=O)c1c(-c2ccc(Br)cc2)[nH]c(-c2ccc(C)cc2)c1-c1ccncc1. The van der Waals surface area contributed by atoms with E-state index in [1.165, 1.54) is 5.56 Å². The van der Waals surface area contributed by atoms with Gasteiger partial charge in [-0.2, -0.15) is 0 Å². The summed E-state index contributed by atoms with van der Waals surface area (Å²) in [6.45, 7) is 4.11. The van der Waals surface area contributed by atoms with Crippen LogP contribution in [0, 0.1) is 6.92 Å². The van der Waals surface area contributed by atoms with Crippen molar-refractivity contribution < 1.29 is 4.79 Å². The number of rotatable bonds is 6. The van der Waals surface area contributed by atoms with Gasteiger partial charge in [0.1, 0.15) is 0 Å². The Labute approximate surface area is 185 Å². The number of nitrogens with one attached hydrogen (secondary N) is 1. The van der Waals surface area contributed by atoms with E-state index < -0.39 is 0 Å². The van der Waals surface area contributed by atoms with Gasteiger partial charge in [0.2, 0.25) is 0 Å². The molecule has 0 spiro atoms. The number of hydrogen-bond donors (Lipinski definition) is 1. The number of aryl methyl sites for hydroxylation is 1. The van der Waals surface area contributed by atoms with Gasteiger partial charge in [0, 0.05) is 28.9 Å². The van der Waals surface area contributed by atoms with Crippen molar-refractivity contribution in [1.29, 1.82) is 0 Å². The van der Waals surface area contributed by atoms with Crippen molar-refractivity contribution in [3.63, 3.8) is 0 Å². The Balaban J connectivity index is 2.04. The number of carbonyl (C=O) groups excluding carboxylic acids is 1. The van der Waals surface area contributed by atoms with Crippen LogP contribution in [0.25, 0.3) is 33.6 Å². The predicted octanol–water partition coefficient (Wildman–Crippen LogP) is 7.46. The number of pyridine rings is 1. The van der Waals surface area contributed by atoms with Crippen molar-refractivity contribution >= 4 is 21.7 Å². The van der Waals surface area contributed by atoms with E-state index in [0.717, 1.165) is 50.1 Å². The quantitative estimate of drug-likeness (QED) is 0.304. The van der Waals surface area contributed by atoms with E-state index in [2.05, 4.69) is 57.1 Å². The first-order valence-corrected chi connectivity index (χ1v) is 10.9. The van der Waals surface area contributed by atoms with E-state index >= 15 is 0 Å². The Morgan fingerprint density at radius 1 is 0.867 bits per heavy atom. The first kappa shape index (κ1) is 20.3. The fourth-order valence-corrected chi connectivity index (χ4v) is 3.97. The Morgan fingerprint density at radius 2 is 1.47 bits per heavy atom. The third kappa shape index (κ3) is 4.01. The fourth-order valence-electron chi connectivity index (χ4n) is 3.71. The topological polar surface area (TPSA) is 45.8 Å². The molecule has 0 bridgehead atoms. The molecule has 150 valence electrons. The van der Waals surface area contributed by atoms with Crippen molar-refractivity contribution in [2.45, 2.75) is 26.7 Å². The summed E-state index contributed by atoms with van der Waals surface area (Å²) >= 11 is 3.51. The summed E-state index contributed by atoms with van der Waals surface area (Å²) in [5, 5.41) is 0. The van der Waals surface area contributed by atoms with Gasteiger partial charge in [0.25, 0.3) is 0 Å². The first-order chi connectivity index (χ1) is 14.6. The summed E-state index contributed by atoms with van der Waals surface area (Å²) in [7, 11) is 0. The van der Waals surface area contributed by atoms with E-state index in [-0.39, 0.29) is 5.78 Å². The molecule has 4 aromatic rings. The highest BCUT2D eigenvalue weighted by Crippen LogP contribution is 2.41. The second-order valence-electron chi connectivity index (χ2n) is 7.41. The molecule has 0 amide bonds. The molecular formula is C26H23BrN2O. The molecule has 0 fully saturated rings. The zero-order valence-electron chi connectivity index (χ0n) is 17.1. The summed E-state index contributed by atoms with van der Waals surface area (Å²) in [6.07, 6.45) is 4.86.